The van der Waals surface area contributed by atoms with Crippen molar-refractivity contribution in [3.8, 4) is 0 Å². The first kappa shape index (κ1) is 18.9. The molecular weight excluding hydrogens is 378 g/mol. The van der Waals surface area contributed by atoms with Crippen molar-refractivity contribution in [1.29, 1.82) is 0 Å². The van der Waals surface area contributed by atoms with Crippen LogP contribution in [0.15, 0.2) is 30.5 Å². The number of nitrogens with zero attached hydrogens (tertiary/aromatic N) is 3. The molecule has 0 radical (unpaired) electrons. The van der Waals surface area contributed by atoms with E-state index in [0.717, 1.165) is 4.90 Å². The Morgan fingerprint density at radius 2 is 1.86 bits per heavy atom. The van der Waals surface area contributed by atoms with Crippen LogP contribution in [-0.4, -0.2) is 57.3 Å². The van der Waals surface area contributed by atoms with Crippen molar-refractivity contribution >= 4 is 39.8 Å². The van der Waals surface area contributed by atoms with E-state index in [1.165, 1.54) is 10.8 Å². The lowest BCUT2D eigenvalue weighted by Crippen LogP contribution is -2.34. The van der Waals surface area contributed by atoms with Gasteiger partial charge in [-0.1, -0.05) is 18.2 Å². The summed E-state index contributed by atoms with van der Waals surface area (Å²) in [4.78, 5) is 42.4. The van der Waals surface area contributed by atoms with E-state index in [0.29, 0.717) is 21.8 Å². The lowest BCUT2D eigenvalue weighted by molar-refractivity contribution is -0.145. The Balaban J connectivity index is 1.93. The van der Waals surface area contributed by atoms with Gasteiger partial charge in [0.25, 0.3) is 5.91 Å². The molecule has 0 bridgehead atoms. The number of rotatable bonds is 4. The highest BCUT2D eigenvalue weighted by Gasteiger charge is 2.41. The summed E-state index contributed by atoms with van der Waals surface area (Å²) in [5.41, 5.74) is 1.28. The first-order valence-corrected chi connectivity index (χ1v) is 9.23. The highest BCUT2D eigenvalue weighted by Crippen LogP contribution is 2.40. The Morgan fingerprint density at radius 1 is 1.14 bits per heavy atom. The van der Waals surface area contributed by atoms with Crippen LogP contribution in [-0.2, 0) is 14.3 Å². The average molecular weight is 397 g/mol. The van der Waals surface area contributed by atoms with Crippen LogP contribution in [0.5, 0.6) is 0 Å². The van der Waals surface area contributed by atoms with Crippen molar-refractivity contribution in [2.24, 2.45) is 0 Å². The molecule has 0 saturated carbocycles. The van der Waals surface area contributed by atoms with Gasteiger partial charge in [0.1, 0.15) is 12.2 Å². The Kier molecular flexibility index (Phi) is 4.67. The van der Waals surface area contributed by atoms with Gasteiger partial charge in [-0.15, -0.1) is 0 Å². The van der Waals surface area contributed by atoms with Crippen molar-refractivity contribution in [1.82, 2.24) is 14.5 Å². The van der Waals surface area contributed by atoms with Crippen molar-refractivity contribution in [2.75, 3.05) is 19.8 Å². The predicted molar refractivity (Wildman–Crippen MR) is 102 cm³/mol. The molecular formula is C20H19N3O6. The van der Waals surface area contributed by atoms with Gasteiger partial charge in [0.15, 0.2) is 6.23 Å². The zero-order valence-corrected chi connectivity index (χ0v) is 15.9. The summed E-state index contributed by atoms with van der Waals surface area (Å²) in [7, 11) is 0. The van der Waals surface area contributed by atoms with Crippen LogP contribution in [0.2, 0.25) is 0 Å². The minimum Gasteiger partial charge on any atom is -0.465 e. The number of hydrogen-bond donors (Lipinski definition) is 1. The second-order valence-electron chi connectivity index (χ2n) is 6.44. The number of esters is 1. The monoisotopic (exact) mass is 397 g/mol. The summed E-state index contributed by atoms with van der Waals surface area (Å²) in [5.74, 6) is -1.20. The Hall–Kier alpha value is -3.46. The molecule has 0 saturated heterocycles. The maximum absolute atomic E-state index is 12.8. The SMILES string of the molecule is CCOC(=O)CN1C(=O)c2ncc3c(c2C1O)c1ccccc1n3C(=O)OCC. The van der Waals surface area contributed by atoms with Gasteiger partial charge in [-0.2, -0.15) is 0 Å². The fourth-order valence-electron chi connectivity index (χ4n) is 3.69. The Bertz CT molecular complexity index is 1150. The molecule has 1 aromatic carbocycles. The van der Waals surface area contributed by atoms with Crippen LogP contribution in [0.4, 0.5) is 4.79 Å². The van der Waals surface area contributed by atoms with E-state index in [2.05, 4.69) is 4.98 Å². The maximum atomic E-state index is 12.8. The molecule has 2 aromatic heterocycles. The molecule has 1 amide bonds. The number of carbonyl (C=O) groups is 3. The van der Waals surface area contributed by atoms with Gasteiger partial charge in [-0.25, -0.2) is 14.3 Å². The molecule has 1 aliphatic rings. The van der Waals surface area contributed by atoms with Crippen molar-refractivity contribution in [2.45, 2.75) is 20.1 Å². The summed E-state index contributed by atoms with van der Waals surface area (Å²) in [6, 6.07) is 7.11. The fraction of sp³-hybridized carbons (Fsp3) is 0.300. The first-order valence-electron chi connectivity index (χ1n) is 9.23. The third kappa shape index (κ3) is 2.82. The summed E-state index contributed by atoms with van der Waals surface area (Å²) < 4.78 is 11.4. The number of aliphatic hydroxyl groups is 1. The number of aliphatic hydroxyl groups excluding tert-OH is 1. The van der Waals surface area contributed by atoms with Crippen molar-refractivity contribution < 1.29 is 29.0 Å². The molecule has 4 rings (SSSR count). The molecule has 3 heterocycles. The molecule has 9 nitrogen and oxygen atoms in total. The van der Waals surface area contributed by atoms with Gasteiger partial charge in [0.05, 0.1) is 30.4 Å². The van der Waals surface area contributed by atoms with Crippen LogP contribution in [0.1, 0.15) is 36.1 Å². The first-order chi connectivity index (χ1) is 14.0. The smallest absolute Gasteiger partial charge is 0.419 e. The quantitative estimate of drug-likeness (QED) is 0.672. The van der Waals surface area contributed by atoms with Gasteiger partial charge >= 0.3 is 12.1 Å². The number of carbonyl (C=O) groups excluding carboxylic acids is 3. The second-order valence-corrected chi connectivity index (χ2v) is 6.44. The normalized spacial score (nSPS) is 15.8. The molecule has 9 heteroatoms. The van der Waals surface area contributed by atoms with Crippen LogP contribution in [0, 0.1) is 0 Å². The van der Waals surface area contributed by atoms with Gasteiger partial charge in [0.2, 0.25) is 0 Å². The molecule has 150 valence electrons. The standard InChI is InChI=1S/C20H19N3O6/c1-3-28-14(24)10-22-18(25)16-15-11-7-5-6-8-12(11)23(20(27)29-4-2)13(15)9-21-17(16)19(22)26/h5-9,18,25H,3-4,10H2,1-2H3. The summed E-state index contributed by atoms with van der Waals surface area (Å²) >= 11 is 0. The van der Waals surface area contributed by atoms with E-state index in [9.17, 15) is 19.5 Å². The van der Waals surface area contributed by atoms with Crippen molar-refractivity contribution in [3.63, 3.8) is 0 Å². The van der Waals surface area contributed by atoms with E-state index >= 15 is 0 Å². The molecule has 1 atom stereocenters. The number of fused-ring (bicyclic) bond motifs is 5. The van der Waals surface area contributed by atoms with Crippen molar-refractivity contribution in [3.05, 3.63) is 41.7 Å². The average Bonchev–Trinajstić information content (AvgIpc) is 3.16. The third-order valence-corrected chi connectivity index (χ3v) is 4.82. The minimum atomic E-state index is -1.39. The lowest BCUT2D eigenvalue weighted by Gasteiger charge is -2.19. The van der Waals surface area contributed by atoms with Crippen LogP contribution in [0.3, 0.4) is 0 Å². The molecule has 1 N–H and O–H groups in total. The number of pyridine rings is 1. The largest absolute Gasteiger partial charge is 0.465 e. The van der Waals surface area contributed by atoms with E-state index in [4.69, 9.17) is 9.47 Å². The molecule has 0 spiro atoms. The second kappa shape index (κ2) is 7.17. The van der Waals surface area contributed by atoms with Gasteiger partial charge in [0, 0.05) is 16.3 Å². The number of amides is 1. The summed E-state index contributed by atoms with van der Waals surface area (Å²) in [6.07, 6.45) is -0.564. The van der Waals surface area contributed by atoms with Gasteiger partial charge in [-0.3, -0.25) is 14.5 Å². The van der Waals surface area contributed by atoms with E-state index in [-0.39, 0.29) is 24.5 Å². The number of para-hydroxylation sites is 1. The molecule has 3 aromatic rings. The Labute approximate surface area is 165 Å². The summed E-state index contributed by atoms with van der Waals surface area (Å²) in [6.45, 7) is 3.32. The number of aromatic nitrogens is 2. The van der Waals surface area contributed by atoms with E-state index in [1.54, 1.807) is 38.1 Å². The topological polar surface area (TPSA) is 111 Å². The third-order valence-electron chi connectivity index (χ3n) is 4.82. The van der Waals surface area contributed by atoms with Crippen LogP contribution < -0.4 is 0 Å². The molecule has 0 aliphatic carbocycles. The Morgan fingerprint density at radius 3 is 2.59 bits per heavy atom. The van der Waals surface area contributed by atoms with Crippen LogP contribution in [0.25, 0.3) is 21.8 Å². The minimum absolute atomic E-state index is 0.0426. The number of hydrogen-bond acceptors (Lipinski definition) is 7. The molecule has 1 aliphatic heterocycles. The van der Waals surface area contributed by atoms with E-state index < -0.39 is 30.7 Å². The van der Waals surface area contributed by atoms with E-state index in [1.807, 2.05) is 0 Å². The van der Waals surface area contributed by atoms with Gasteiger partial charge < -0.3 is 14.6 Å². The maximum Gasteiger partial charge on any atom is 0.419 e. The molecule has 29 heavy (non-hydrogen) atoms. The zero-order chi connectivity index (χ0) is 20.7. The molecule has 0 fully saturated rings. The zero-order valence-electron chi connectivity index (χ0n) is 15.9. The highest BCUT2D eigenvalue weighted by atomic mass is 16.5. The summed E-state index contributed by atoms with van der Waals surface area (Å²) in [5, 5.41) is 12.1. The van der Waals surface area contributed by atoms with Crippen LogP contribution >= 0.6 is 0 Å². The lowest BCUT2D eigenvalue weighted by atomic mass is 10.1. The molecule has 1 unspecified atom stereocenters. The highest BCUT2D eigenvalue weighted by molar-refractivity contribution is 6.16. The fourth-order valence-corrected chi connectivity index (χ4v) is 3.69. The number of benzene rings is 1. The van der Waals surface area contributed by atoms with Gasteiger partial charge in [-0.05, 0) is 19.9 Å². The predicted octanol–water partition coefficient (Wildman–Crippen LogP) is 2.20. The number of ether oxygens (including phenoxy) is 2.